The molecule has 3 N–H and O–H groups in total. The van der Waals surface area contributed by atoms with E-state index in [0.717, 1.165) is 16.7 Å². The number of hydrogen-bond donors (Lipinski definition) is 2. The first kappa shape index (κ1) is 22.0. The van der Waals surface area contributed by atoms with E-state index in [1.54, 1.807) is 19.2 Å². The van der Waals surface area contributed by atoms with E-state index in [0.29, 0.717) is 36.0 Å². The number of fused-ring (bicyclic) bond motifs is 1. The summed E-state index contributed by atoms with van der Waals surface area (Å²) in [5.41, 5.74) is 0.499. The highest BCUT2D eigenvalue weighted by molar-refractivity contribution is 7.86. The molecule has 2 fully saturated rings. The Morgan fingerprint density at radius 3 is 2.61 bits per heavy atom. The van der Waals surface area contributed by atoms with E-state index in [-0.39, 0.29) is 5.41 Å². The third kappa shape index (κ3) is 4.14. The van der Waals surface area contributed by atoms with Gasteiger partial charge in [0.1, 0.15) is 17.9 Å². The van der Waals surface area contributed by atoms with Crippen LogP contribution in [0, 0.1) is 5.41 Å². The van der Waals surface area contributed by atoms with E-state index >= 15 is 0 Å². The number of aliphatic hydroxyl groups is 1. The number of hydrogen-bond acceptors (Lipinski definition) is 7. The molecule has 170 valence electrons. The summed E-state index contributed by atoms with van der Waals surface area (Å²) in [6.45, 7) is 0.0645. The van der Waals surface area contributed by atoms with Gasteiger partial charge in [-0.15, -0.1) is 0 Å². The average Bonchev–Trinajstić information content (AvgIpc) is 2.62. The van der Waals surface area contributed by atoms with Crippen molar-refractivity contribution < 1.29 is 31.4 Å². The van der Waals surface area contributed by atoms with Gasteiger partial charge in [0, 0.05) is 36.0 Å². The Morgan fingerprint density at radius 2 is 2.03 bits per heavy atom. The number of rotatable bonds is 6. The van der Waals surface area contributed by atoms with Crippen LogP contribution in [0.4, 0.5) is 19.0 Å². The lowest BCUT2D eigenvalue weighted by atomic mass is 9.60. The van der Waals surface area contributed by atoms with Crippen molar-refractivity contribution in [3.05, 3.63) is 24.5 Å². The predicted octanol–water partition coefficient (Wildman–Crippen LogP) is 1.04. The molecule has 0 bridgehead atoms. The Bertz CT molecular complexity index is 1080. The van der Waals surface area contributed by atoms with Gasteiger partial charge in [-0.1, -0.05) is 0 Å². The molecule has 2 aromatic rings. The topological polar surface area (TPSA) is 122 Å². The number of halogens is 3. The van der Waals surface area contributed by atoms with Gasteiger partial charge in [0.25, 0.3) is 10.2 Å². The molecule has 4 rings (SSSR count). The summed E-state index contributed by atoms with van der Waals surface area (Å²) in [4.78, 5) is 10.6. The van der Waals surface area contributed by atoms with Gasteiger partial charge in [0.2, 0.25) is 0 Å². The van der Waals surface area contributed by atoms with Crippen LogP contribution in [0.25, 0.3) is 10.9 Å². The van der Waals surface area contributed by atoms with Crippen molar-refractivity contribution in [1.82, 2.24) is 14.3 Å². The monoisotopic (exact) mass is 461 g/mol. The number of benzene rings is 1. The van der Waals surface area contributed by atoms with Gasteiger partial charge in [0.15, 0.2) is 6.10 Å². The molecule has 2 aliphatic rings. The zero-order valence-electron chi connectivity index (χ0n) is 16.6. The maximum atomic E-state index is 12.7. The first-order valence-corrected chi connectivity index (χ1v) is 11.0. The lowest BCUT2D eigenvalue weighted by molar-refractivity contribution is -0.207. The quantitative estimate of drug-likeness (QED) is 0.659. The number of aliphatic hydroxyl groups excluding tert-OH is 1. The summed E-state index contributed by atoms with van der Waals surface area (Å²) < 4.78 is 67.5. The van der Waals surface area contributed by atoms with E-state index < -0.39 is 35.1 Å². The van der Waals surface area contributed by atoms with Crippen LogP contribution >= 0.6 is 0 Å². The Hall–Kier alpha value is -2.22. The van der Waals surface area contributed by atoms with Crippen LogP contribution in [0.15, 0.2) is 24.5 Å². The van der Waals surface area contributed by atoms with Crippen LogP contribution in [0.5, 0.6) is 5.75 Å². The zero-order chi connectivity index (χ0) is 22.6. The first-order valence-electron chi connectivity index (χ1n) is 9.50. The minimum absolute atomic E-state index is 0.222. The van der Waals surface area contributed by atoms with Gasteiger partial charge in [-0.3, -0.25) is 0 Å². The molecule has 1 spiro atoms. The van der Waals surface area contributed by atoms with Crippen molar-refractivity contribution in [3.63, 3.8) is 0 Å². The normalized spacial score (nSPS) is 20.0. The SMILES string of the molecule is COc1ccc2c(N3CC4(CC(N(CC(O)C(F)(F)F)S(N)(=O)=O)C4)C3)ncnc2c1. The van der Waals surface area contributed by atoms with E-state index in [2.05, 4.69) is 9.97 Å². The van der Waals surface area contributed by atoms with E-state index in [1.165, 1.54) is 6.33 Å². The maximum Gasteiger partial charge on any atom is 0.415 e. The molecule has 1 atom stereocenters. The number of nitrogens with zero attached hydrogens (tertiary/aromatic N) is 4. The maximum absolute atomic E-state index is 12.7. The molecule has 1 saturated carbocycles. The van der Waals surface area contributed by atoms with E-state index in [1.807, 2.05) is 11.0 Å². The molecule has 1 unspecified atom stereocenters. The number of nitrogens with two attached hydrogens (primary N) is 1. The Labute approximate surface area is 176 Å². The molecule has 0 radical (unpaired) electrons. The fourth-order valence-electron chi connectivity index (χ4n) is 4.45. The fraction of sp³-hybridized carbons (Fsp3) is 0.556. The number of methoxy groups -OCH3 is 1. The van der Waals surface area contributed by atoms with Crippen molar-refractivity contribution in [3.8, 4) is 5.75 Å². The number of alkyl halides is 3. The largest absolute Gasteiger partial charge is 0.497 e. The van der Waals surface area contributed by atoms with E-state index in [4.69, 9.17) is 9.88 Å². The smallest absolute Gasteiger partial charge is 0.415 e. The minimum atomic E-state index is -4.92. The molecule has 13 heteroatoms. The summed E-state index contributed by atoms with van der Waals surface area (Å²) in [5.74, 6) is 1.40. The van der Waals surface area contributed by atoms with Gasteiger partial charge in [-0.2, -0.15) is 25.9 Å². The van der Waals surface area contributed by atoms with Crippen LogP contribution in [-0.2, 0) is 10.2 Å². The van der Waals surface area contributed by atoms with Crippen molar-refractivity contribution in [2.75, 3.05) is 31.6 Å². The van der Waals surface area contributed by atoms with Crippen LogP contribution < -0.4 is 14.8 Å². The van der Waals surface area contributed by atoms with Crippen molar-refractivity contribution in [2.45, 2.75) is 31.2 Å². The van der Waals surface area contributed by atoms with Crippen molar-refractivity contribution in [2.24, 2.45) is 10.6 Å². The third-order valence-corrected chi connectivity index (χ3v) is 7.08. The molecule has 0 amide bonds. The lowest BCUT2D eigenvalue weighted by Gasteiger charge is -2.61. The second-order valence-electron chi connectivity index (χ2n) is 8.17. The Balaban J connectivity index is 1.44. The highest BCUT2D eigenvalue weighted by atomic mass is 32.2. The average molecular weight is 461 g/mol. The molecular weight excluding hydrogens is 439 g/mol. The number of aromatic nitrogens is 2. The van der Waals surface area contributed by atoms with Gasteiger partial charge in [-0.05, 0) is 25.0 Å². The van der Waals surface area contributed by atoms with Gasteiger partial charge in [0.05, 0.1) is 19.2 Å². The standard InChI is InChI=1S/C18H22F3N5O4S/c1-30-12-2-3-13-14(4-12)23-10-24-16(13)25-8-17(9-25)5-11(6-17)26(31(22,28)29)7-15(27)18(19,20)21/h2-4,10-11,15,27H,5-9H2,1H3,(H2,22,28,29). The van der Waals surface area contributed by atoms with Gasteiger partial charge < -0.3 is 14.7 Å². The van der Waals surface area contributed by atoms with Gasteiger partial charge in [-0.25, -0.2) is 15.1 Å². The molecule has 1 aromatic carbocycles. The van der Waals surface area contributed by atoms with E-state index in [9.17, 15) is 26.7 Å². The lowest BCUT2D eigenvalue weighted by Crippen LogP contribution is -2.68. The number of anilines is 1. The summed E-state index contributed by atoms with van der Waals surface area (Å²) in [5, 5.41) is 15.3. The Morgan fingerprint density at radius 1 is 1.35 bits per heavy atom. The molecule has 31 heavy (non-hydrogen) atoms. The second-order valence-corrected chi connectivity index (χ2v) is 9.67. The van der Waals surface area contributed by atoms with Crippen LogP contribution in [0.2, 0.25) is 0 Å². The fourth-order valence-corrected chi connectivity index (χ4v) is 5.36. The summed E-state index contributed by atoms with van der Waals surface area (Å²) >= 11 is 0. The highest BCUT2D eigenvalue weighted by Crippen LogP contribution is 2.52. The second kappa shape index (κ2) is 7.43. The van der Waals surface area contributed by atoms with Crippen LogP contribution in [0.3, 0.4) is 0 Å². The third-order valence-electron chi connectivity index (χ3n) is 5.98. The van der Waals surface area contributed by atoms with Crippen molar-refractivity contribution >= 4 is 26.9 Å². The molecule has 1 aliphatic carbocycles. The zero-order valence-corrected chi connectivity index (χ0v) is 17.4. The van der Waals surface area contributed by atoms with Crippen LogP contribution in [0.1, 0.15) is 12.8 Å². The predicted molar refractivity (Wildman–Crippen MR) is 106 cm³/mol. The highest BCUT2D eigenvalue weighted by Gasteiger charge is 2.56. The summed E-state index contributed by atoms with van der Waals surface area (Å²) in [6, 6.07) is 4.78. The summed E-state index contributed by atoms with van der Waals surface area (Å²) in [6.07, 6.45) is -5.53. The number of ether oxygens (including phenoxy) is 1. The molecule has 9 nitrogen and oxygen atoms in total. The Kier molecular flexibility index (Phi) is 5.27. The van der Waals surface area contributed by atoms with Crippen molar-refractivity contribution in [1.29, 1.82) is 0 Å². The first-order chi connectivity index (χ1) is 14.4. The molecule has 1 aromatic heterocycles. The molecule has 1 aliphatic heterocycles. The molecule has 2 heterocycles. The van der Waals surface area contributed by atoms with Crippen LogP contribution in [-0.4, -0.2) is 72.9 Å². The molecule has 1 saturated heterocycles. The summed E-state index contributed by atoms with van der Waals surface area (Å²) in [7, 11) is -2.83. The van der Waals surface area contributed by atoms with Gasteiger partial charge >= 0.3 is 6.18 Å². The molecular formula is C18H22F3N5O4S. The minimum Gasteiger partial charge on any atom is -0.497 e.